The molecule has 1 atom stereocenters. The highest BCUT2D eigenvalue weighted by Gasteiger charge is 2.36. The fourth-order valence-electron chi connectivity index (χ4n) is 1.94. The van der Waals surface area contributed by atoms with E-state index in [2.05, 4.69) is 4.74 Å². The molecule has 18 heavy (non-hydrogen) atoms. The maximum Gasteiger partial charge on any atom is 0.573 e. The molecule has 1 unspecified atom stereocenters. The van der Waals surface area contributed by atoms with E-state index in [1.807, 2.05) is 0 Å². The summed E-state index contributed by atoms with van der Waals surface area (Å²) in [6.45, 7) is 1.75. The molecule has 1 saturated carbocycles. The van der Waals surface area contributed by atoms with Crippen LogP contribution in [0.5, 0.6) is 5.75 Å². The summed E-state index contributed by atoms with van der Waals surface area (Å²) >= 11 is 0. The Hall–Kier alpha value is -1.52. The molecule has 1 fully saturated rings. The summed E-state index contributed by atoms with van der Waals surface area (Å²) in [5.74, 6) is -0.640. The van der Waals surface area contributed by atoms with E-state index in [1.54, 1.807) is 6.92 Å². The summed E-state index contributed by atoms with van der Waals surface area (Å²) in [7, 11) is 0. The first-order valence-electron chi connectivity index (χ1n) is 5.77. The number of ether oxygens (including phenoxy) is 1. The highest BCUT2D eigenvalue weighted by atomic mass is 19.4. The topological polar surface area (TPSA) is 26.3 Å². The molecule has 2 rings (SSSR count). The molecule has 1 aromatic carbocycles. The summed E-state index contributed by atoms with van der Waals surface area (Å²) in [4.78, 5) is 12.1. The van der Waals surface area contributed by atoms with Crippen LogP contribution in [0.2, 0.25) is 0 Å². The van der Waals surface area contributed by atoms with Crippen molar-refractivity contribution in [2.24, 2.45) is 11.8 Å². The van der Waals surface area contributed by atoms with Crippen molar-refractivity contribution in [1.29, 1.82) is 0 Å². The van der Waals surface area contributed by atoms with Crippen molar-refractivity contribution >= 4 is 5.78 Å². The van der Waals surface area contributed by atoms with E-state index in [0.717, 1.165) is 12.8 Å². The van der Waals surface area contributed by atoms with E-state index in [4.69, 9.17) is 0 Å². The van der Waals surface area contributed by atoms with Crippen molar-refractivity contribution in [3.8, 4) is 5.75 Å². The monoisotopic (exact) mass is 258 g/mol. The summed E-state index contributed by atoms with van der Waals surface area (Å²) < 4.78 is 40.6. The van der Waals surface area contributed by atoms with Crippen LogP contribution >= 0.6 is 0 Å². The van der Waals surface area contributed by atoms with Gasteiger partial charge < -0.3 is 4.74 Å². The molecule has 1 aliphatic carbocycles. The van der Waals surface area contributed by atoms with E-state index in [-0.39, 0.29) is 17.3 Å². The lowest BCUT2D eigenvalue weighted by Crippen LogP contribution is -2.21. The number of hydrogen-bond acceptors (Lipinski definition) is 2. The van der Waals surface area contributed by atoms with Crippen molar-refractivity contribution in [2.45, 2.75) is 26.1 Å². The summed E-state index contributed by atoms with van der Waals surface area (Å²) in [5, 5.41) is 0. The maximum absolute atomic E-state index is 12.2. The number of alkyl halides is 3. The van der Waals surface area contributed by atoms with Crippen molar-refractivity contribution in [1.82, 2.24) is 0 Å². The molecule has 0 bridgehead atoms. The predicted octanol–water partition coefficient (Wildman–Crippen LogP) is 3.81. The number of ketones is 1. The van der Waals surface area contributed by atoms with E-state index in [0.29, 0.717) is 5.92 Å². The van der Waals surface area contributed by atoms with Gasteiger partial charge in [-0.2, -0.15) is 0 Å². The van der Waals surface area contributed by atoms with Crippen LogP contribution in [0.3, 0.4) is 0 Å². The van der Waals surface area contributed by atoms with Crippen LogP contribution in [0, 0.1) is 11.8 Å². The standard InChI is InChI=1S/C13H13F3O2/c1-8(9-6-7-9)12(17)10-4-2-3-5-11(10)18-13(14,15)16/h2-5,8-9H,6-7H2,1H3. The average Bonchev–Trinajstić information content (AvgIpc) is 3.09. The largest absolute Gasteiger partial charge is 0.573 e. The molecular weight excluding hydrogens is 245 g/mol. The second-order valence-corrected chi connectivity index (χ2v) is 4.53. The Morgan fingerprint density at radius 1 is 1.33 bits per heavy atom. The Bertz CT molecular complexity index is 450. The summed E-state index contributed by atoms with van der Waals surface area (Å²) in [6.07, 6.45) is -2.84. The molecule has 5 heteroatoms. The molecule has 0 N–H and O–H groups in total. The second-order valence-electron chi connectivity index (χ2n) is 4.53. The molecule has 2 nitrogen and oxygen atoms in total. The highest BCUT2D eigenvalue weighted by molar-refractivity contribution is 6.00. The molecule has 1 aromatic rings. The predicted molar refractivity (Wildman–Crippen MR) is 59.3 cm³/mol. The first-order valence-corrected chi connectivity index (χ1v) is 5.77. The number of rotatable bonds is 4. The van der Waals surface area contributed by atoms with Crippen LogP contribution < -0.4 is 4.74 Å². The molecule has 0 heterocycles. The first kappa shape index (κ1) is 12.9. The fraction of sp³-hybridized carbons (Fsp3) is 0.462. The number of carbonyl (C=O) groups excluding carboxylic acids is 1. The Balaban J connectivity index is 2.23. The molecule has 98 valence electrons. The summed E-state index contributed by atoms with van der Waals surface area (Å²) in [5.41, 5.74) is 0.00854. The third-order valence-corrected chi connectivity index (χ3v) is 3.12. The first-order chi connectivity index (χ1) is 8.38. The van der Waals surface area contributed by atoms with E-state index < -0.39 is 12.1 Å². The van der Waals surface area contributed by atoms with E-state index >= 15 is 0 Å². The Morgan fingerprint density at radius 3 is 2.50 bits per heavy atom. The molecule has 1 aliphatic rings. The van der Waals surface area contributed by atoms with Gasteiger partial charge in [0.25, 0.3) is 0 Å². The average molecular weight is 258 g/mol. The lowest BCUT2D eigenvalue weighted by molar-refractivity contribution is -0.274. The van der Waals surface area contributed by atoms with E-state index in [1.165, 1.54) is 24.3 Å². The van der Waals surface area contributed by atoms with Crippen molar-refractivity contribution in [3.05, 3.63) is 29.8 Å². The SMILES string of the molecule is CC(C(=O)c1ccccc1OC(F)(F)F)C1CC1. The van der Waals surface area contributed by atoms with Crippen molar-refractivity contribution < 1.29 is 22.7 Å². The molecule has 0 saturated heterocycles. The van der Waals surface area contributed by atoms with Gasteiger partial charge in [0.05, 0.1) is 5.56 Å². The number of halogens is 3. The second kappa shape index (κ2) is 4.63. The third kappa shape index (κ3) is 3.03. The molecular formula is C13H13F3O2. The van der Waals surface area contributed by atoms with Crippen LogP contribution in [0.4, 0.5) is 13.2 Å². The number of Topliss-reactive ketones (excluding diaryl/α,β-unsaturated/α-hetero) is 1. The summed E-state index contributed by atoms with van der Waals surface area (Å²) in [6, 6.07) is 5.50. The Labute approximate surface area is 103 Å². The van der Waals surface area contributed by atoms with Gasteiger partial charge in [-0.25, -0.2) is 0 Å². The maximum atomic E-state index is 12.2. The third-order valence-electron chi connectivity index (χ3n) is 3.12. The van der Waals surface area contributed by atoms with E-state index in [9.17, 15) is 18.0 Å². The quantitative estimate of drug-likeness (QED) is 0.767. The lowest BCUT2D eigenvalue weighted by Gasteiger charge is -2.15. The van der Waals surface area contributed by atoms with Gasteiger partial charge in [-0.3, -0.25) is 4.79 Å². The number of carbonyl (C=O) groups is 1. The fourth-order valence-corrected chi connectivity index (χ4v) is 1.94. The van der Waals surface area contributed by atoms with Crippen LogP contribution in [0.25, 0.3) is 0 Å². The Morgan fingerprint density at radius 2 is 1.94 bits per heavy atom. The molecule has 0 aliphatic heterocycles. The number of benzene rings is 1. The zero-order valence-corrected chi connectivity index (χ0v) is 9.83. The van der Waals surface area contributed by atoms with Crippen LogP contribution in [-0.4, -0.2) is 12.1 Å². The minimum Gasteiger partial charge on any atom is -0.405 e. The van der Waals surface area contributed by atoms with Crippen LogP contribution in [0.15, 0.2) is 24.3 Å². The zero-order chi connectivity index (χ0) is 13.3. The molecule has 0 spiro atoms. The highest BCUT2D eigenvalue weighted by Crippen LogP contribution is 2.39. The normalized spacial score (nSPS) is 17.3. The number of para-hydroxylation sites is 1. The van der Waals surface area contributed by atoms with Crippen molar-refractivity contribution in [3.63, 3.8) is 0 Å². The van der Waals surface area contributed by atoms with Crippen LogP contribution in [0.1, 0.15) is 30.1 Å². The van der Waals surface area contributed by atoms with Gasteiger partial charge >= 0.3 is 6.36 Å². The minimum atomic E-state index is -4.78. The van der Waals surface area contributed by atoms with Gasteiger partial charge in [-0.05, 0) is 30.9 Å². The minimum absolute atomic E-state index is 0.00854. The molecule has 0 aromatic heterocycles. The molecule has 0 amide bonds. The lowest BCUT2D eigenvalue weighted by atomic mass is 9.94. The van der Waals surface area contributed by atoms with Gasteiger partial charge in [0.2, 0.25) is 0 Å². The van der Waals surface area contributed by atoms with Crippen molar-refractivity contribution in [2.75, 3.05) is 0 Å². The van der Waals surface area contributed by atoms with Gasteiger partial charge in [0, 0.05) is 5.92 Å². The Kier molecular flexibility index (Phi) is 3.32. The van der Waals surface area contributed by atoms with Crippen LogP contribution in [-0.2, 0) is 0 Å². The number of hydrogen-bond donors (Lipinski definition) is 0. The van der Waals surface area contributed by atoms with Gasteiger partial charge in [-0.15, -0.1) is 13.2 Å². The molecule has 0 radical (unpaired) electrons. The van der Waals surface area contributed by atoms with Gasteiger partial charge in [0.1, 0.15) is 5.75 Å². The zero-order valence-electron chi connectivity index (χ0n) is 9.83. The van der Waals surface area contributed by atoms with Gasteiger partial charge in [0.15, 0.2) is 5.78 Å². The smallest absolute Gasteiger partial charge is 0.405 e. The van der Waals surface area contributed by atoms with Gasteiger partial charge in [-0.1, -0.05) is 19.1 Å².